The molecule has 1 unspecified atom stereocenters. The first-order valence-electron chi connectivity index (χ1n) is 4.78. The quantitative estimate of drug-likeness (QED) is 0.825. The summed E-state index contributed by atoms with van der Waals surface area (Å²) in [7, 11) is 0. The third-order valence-corrected chi connectivity index (χ3v) is 3.05. The number of aromatic nitrogens is 2. The molecular formula is C11H11N3OS. The second kappa shape index (κ2) is 4.47. The summed E-state index contributed by atoms with van der Waals surface area (Å²) in [5.41, 5.74) is 7.88. The van der Waals surface area contributed by atoms with Crippen LogP contribution in [0, 0.1) is 19.3 Å². The lowest BCUT2D eigenvalue weighted by Gasteiger charge is -1.98. The van der Waals surface area contributed by atoms with Gasteiger partial charge in [0, 0.05) is 17.4 Å². The molecular weight excluding hydrogens is 222 g/mol. The molecule has 2 N–H and O–H groups in total. The summed E-state index contributed by atoms with van der Waals surface area (Å²) in [5.74, 6) is 3.43. The molecule has 16 heavy (non-hydrogen) atoms. The van der Waals surface area contributed by atoms with Gasteiger partial charge < -0.3 is 10.3 Å². The summed E-state index contributed by atoms with van der Waals surface area (Å²) in [4.78, 5) is 4.24. The van der Waals surface area contributed by atoms with Gasteiger partial charge in [0.25, 0.3) is 0 Å². The Hall–Kier alpha value is -1.64. The maximum atomic E-state index is 5.77. The number of hydrogen-bond acceptors (Lipinski definition) is 5. The smallest absolute Gasteiger partial charge is 0.244 e. The molecule has 0 aliphatic carbocycles. The standard InChI is InChI=1S/C11H11N3OS/c1-3-4-9(12)11-13-10(14-15-11)8-6-16-5-7(8)2/h1,5-6,9H,4,12H2,2H3. The van der Waals surface area contributed by atoms with Gasteiger partial charge >= 0.3 is 0 Å². The van der Waals surface area contributed by atoms with E-state index in [4.69, 9.17) is 16.7 Å². The fourth-order valence-corrected chi connectivity index (χ4v) is 2.13. The summed E-state index contributed by atoms with van der Waals surface area (Å²) in [5, 5.41) is 7.91. The van der Waals surface area contributed by atoms with E-state index in [9.17, 15) is 0 Å². The lowest BCUT2D eigenvalue weighted by molar-refractivity contribution is 0.357. The maximum absolute atomic E-state index is 5.77. The second-order valence-corrected chi connectivity index (χ2v) is 4.18. The Morgan fingerprint density at radius 1 is 1.62 bits per heavy atom. The molecule has 2 rings (SSSR count). The van der Waals surface area contributed by atoms with Crippen LogP contribution in [0.15, 0.2) is 15.3 Å². The normalized spacial score (nSPS) is 12.3. The summed E-state index contributed by atoms with van der Waals surface area (Å²) in [6.07, 6.45) is 5.57. The molecule has 2 aromatic heterocycles. The summed E-state index contributed by atoms with van der Waals surface area (Å²) in [6.45, 7) is 2.00. The summed E-state index contributed by atoms with van der Waals surface area (Å²) < 4.78 is 5.08. The van der Waals surface area contributed by atoms with Crippen LogP contribution in [0.1, 0.15) is 23.9 Å². The Labute approximate surface area is 97.5 Å². The van der Waals surface area contributed by atoms with Gasteiger partial charge in [0.1, 0.15) is 0 Å². The SMILES string of the molecule is C#CCC(N)c1nc(-c2cscc2C)no1. The van der Waals surface area contributed by atoms with Gasteiger partial charge in [-0.15, -0.1) is 12.3 Å². The van der Waals surface area contributed by atoms with Crippen molar-refractivity contribution in [1.82, 2.24) is 10.1 Å². The minimum atomic E-state index is -0.384. The lowest BCUT2D eigenvalue weighted by Crippen LogP contribution is -2.09. The first-order valence-corrected chi connectivity index (χ1v) is 5.72. The van der Waals surface area contributed by atoms with Crippen molar-refractivity contribution in [3.05, 3.63) is 22.2 Å². The fraction of sp³-hybridized carbons (Fsp3) is 0.273. The van der Waals surface area contributed by atoms with Crippen LogP contribution < -0.4 is 5.73 Å². The summed E-state index contributed by atoms with van der Waals surface area (Å²) >= 11 is 1.60. The topological polar surface area (TPSA) is 64.9 Å². The zero-order chi connectivity index (χ0) is 11.5. The third kappa shape index (κ3) is 1.98. The Bertz CT molecular complexity index is 523. The van der Waals surface area contributed by atoms with Gasteiger partial charge in [0.05, 0.1) is 6.04 Å². The molecule has 0 aromatic carbocycles. The molecule has 0 bridgehead atoms. The molecule has 1 atom stereocenters. The fourth-order valence-electron chi connectivity index (χ4n) is 1.30. The van der Waals surface area contributed by atoms with Crippen molar-refractivity contribution in [2.75, 3.05) is 0 Å². The van der Waals surface area contributed by atoms with Gasteiger partial charge in [-0.25, -0.2) is 0 Å². The van der Waals surface area contributed by atoms with Crippen LogP contribution in [0.25, 0.3) is 11.4 Å². The molecule has 5 heteroatoms. The van der Waals surface area contributed by atoms with Gasteiger partial charge in [0.2, 0.25) is 11.7 Å². The molecule has 0 radical (unpaired) electrons. The highest BCUT2D eigenvalue weighted by molar-refractivity contribution is 7.08. The summed E-state index contributed by atoms with van der Waals surface area (Å²) in [6, 6.07) is -0.384. The molecule has 0 aliphatic rings. The Morgan fingerprint density at radius 3 is 3.06 bits per heavy atom. The van der Waals surface area contributed by atoms with E-state index in [-0.39, 0.29) is 6.04 Å². The van der Waals surface area contributed by atoms with Crippen molar-refractivity contribution < 1.29 is 4.52 Å². The largest absolute Gasteiger partial charge is 0.337 e. The van der Waals surface area contributed by atoms with Crippen molar-refractivity contribution in [3.63, 3.8) is 0 Å². The predicted octanol–water partition coefficient (Wildman–Crippen LogP) is 2.13. The van der Waals surface area contributed by atoms with Crippen molar-refractivity contribution in [3.8, 4) is 23.7 Å². The van der Waals surface area contributed by atoms with Crippen LogP contribution in [0.3, 0.4) is 0 Å². The first kappa shape index (κ1) is 10.9. The van der Waals surface area contributed by atoms with Gasteiger partial charge in [-0.2, -0.15) is 16.3 Å². The first-order chi connectivity index (χ1) is 7.72. The van der Waals surface area contributed by atoms with E-state index in [0.29, 0.717) is 18.1 Å². The number of terminal acetylenes is 1. The van der Waals surface area contributed by atoms with Crippen molar-refractivity contribution >= 4 is 11.3 Å². The highest BCUT2D eigenvalue weighted by atomic mass is 32.1. The van der Waals surface area contributed by atoms with Crippen LogP contribution >= 0.6 is 11.3 Å². The van der Waals surface area contributed by atoms with E-state index in [0.717, 1.165) is 11.1 Å². The number of rotatable bonds is 3. The van der Waals surface area contributed by atoms with Crippen molar-refractivity contribution in [1.29, 1.82) is 0 Å². The van der Waals surface area contributed by atoms with Gasteiger partial charge in [0.15, 0.2) is 0 Å². The number of nitrogens with two attached hydrogens (primary N) is 1. The number of hydrogen-bond donors (Lipinski definition) is 1. The Morgan fingerprint density at radius 2 is 2.44 bits per heavy atom. The highest BCUT2D eigenvalue weighted by Gasteiger charge is 2.16. The second-order valence-electron chi connectivity index (χ2n) is 3.44. The van der Waals surface area contributed by atoms with Crippen LogP contribution in [0.5, 0.6) is 0 Å². The van der Waals surface area contributed by atoms with Gasteiger partial charge in [-0.1, -0.05) is 5.16 Å². The average Bonchev–Trinajstić information content (AvgIpc) is 2.86. The van der Waals surface area contributed by atoms with Gasteiger partial charge in [-0.3, -0.25) is 0 Å². The van der Waals surface area contributed by atoms with E-state index >= 15 is 0 Å². The van der Waals surface area contributed by atoms with E-state index < -0.39 is 0 Å². The predicted molar refractivity (Wildman–Crippen MR) is 62.7 cm³/mol. The van der Waals surface area contributed by atoms with E-state index in [1.165, 1.54) is 0 Å². The van der Waals surface area contributed by atoms with E-state index in [2.05, 4.69) is 16.1 Å². The van der Waals surface area contributed by atoms with Crippen molar-refractivity contribution in [2.45, 2.75) is 19.4 Å². The third-order valence-electron chi connectivity index (χ3n) is 2.19. The van der Waals surface area contributed by atoms with Crippen LogP contribution in [-0.4, -0.2) is 10.1 Å². The van der Waals surface area contributed by atoms with Crippen molar-refractivity contribution in [2.24, 2.45) is 5.73 Å². The van der Waals surface area contributed by atoms with Crippen LogP contribution in [-0.2, 0) is 0 Å². The Balaban J connectivity index is 2.27. The number of thiophene rings is 1. The molecule has 0 aliphatic heterocycles. The zero-order valence-corrected chi connectivity index (χ0v) is 9.62. The zero-order valence-electron chi connectivity index (χ0n) is 8.80. The molecule has 0 fully saturated rings. The minimum absolute atomic E-state index is 0.384. The van der Waals surface area contributed by atoms with E-state index in [1.807, 2.05) is 17.7 Å². The van der Waals surface area contributed by atoms with Gasteiger partial charge in [-0.05, 0) is 17.9 Å². The molecule has 2 aromatic rings. The molecule has 0 saturated heterocycles. The number of aryl methyl sites for hydroxylation is 1. The van der Waals surface area contributed by atoms with Crippen LogP contribution in [0.4, 0.5) is 0 Å². The monoisotopic (exact) mass is 233 g/mol. The minimum Gasteiger partial charge on any atom is -0.337 e. The highest BCUT2D eigenvalue weighted by Crippen LogP contribution is 2.25. The molecule has 0 amide bonds. The molecule has 0 spiro atoms. The average molecular weight is 233 g/mol. The molecule has 2 heterocycles. The molecule has 4 nitrogen and oxygen atoms in total. The van der Waals surface area contributed by atoms with Crippen LogP contribution in [0.2, 0.25) is 0 Å². The lowest BCUT2D eigenvalue weighted by atomic mass is 10.2. The van der Waals surface area contributed by atoms with E-state index in [1.54, 1.807) is 11.3 Å². The maximum Gasteiger partial charge on any atom is 0.244 e. The number of nitrogens with zero attached hydrogens (tertiary/aromatic N) is 2. The Kier molecular flexibility index (Phi) is 3.04. The molecule has 0 saturated carbocycles. The molecule has 82 valence electrons.